The summed E-state index contributed by atoms with van der Waals surface area (Å²) in [7, 11) is 0. The van der Waals surface area contributed by atoms with Crippen LogP contribution in [0.4, 0.5) is 13.2 Å². The minimum Gasteiger partial charge on any atom is -0.316 e. The van der Waals surface area contributed by atoms with E-state index in [0.717, 1.165) is 16.6 Å². The highest BCUT2D eigenvalue weighted by molar-refractivity contribution is 9.10. The third kappa shape index (κ3) is 4.18. The highest BCUT2D eigenvalue weighted by Gasteiger charge is 2.30. The van der Waals surface area contributed by atoms with E-state index in [1.807, 2.05) is 13.0 Å². The minimum atomic E-state index is -4.44. The van der Waals surface area contributed by atoms with Crippen molar-refractivity contribution in [2.45, 2.75) is 19.5 Å². The van der Waals surface area contributed by atoms with E-state index in [9.17, 15) is 18.0 Å². The summed E-state index contributed by atoms with van der Waals surface area (Å²) in [5, 5.41) is 4.73. The molecule has 0 spiro atoms. The maximum absolute atomic E-state index is 13.1. The lowest BCUT2D eigenvalue weighted by molar-refractivity contribution is -0.137. The molecule has 0 aliphatic rings. The molecule has 0 bridgehead atoms. The van der Waals surface area contributed by atoms with Crippen molar-refractivity contribution in [3.63, 3.8) is 0 Å². The van der Waals surface area contributed by atoms with Crippen molar-refractivity contribution in [2.75, 3.05) is 0 Å². The number of aromatic nitrogens is 3. The Morgan fingerprint density at radius 2 is 1.94 bits per heavy atom. The van der Waals surface area contributed by atoms with Gasteiger partial charge in [0, 0.05) is 22.8 Å². The smallest absolute Gasteiger partial charge is 0.316 e. The van der Waals surface area contributed by atoms with Gasteiger partial charge in [0.25, 0.3) is 5.56 Å². The molecule has 2 aromatic carbocycles. The first-order valence-electron chi connectivity index (χ1n) is 9.38. The van der Waals surface area contributed by atoms with Gasteiger partial charge >= 0.3 is 6.18 Å². The van der Waals surface area contributed by atoms with Crippen molar-refractivity contribution in [3.05, 3.63) is 92.7 Å². The molecule has 0 aliphatic carbocycles. The topological polar surface area (TPSA) is 52.2 Å². The number of aryl methyl sites for hydroxylation is 1. The number of hydrogen-bond acceptors (Lipinski definition) is 3. The summed E-state index contributed by atoms with van der Waals surface area (Å²) in [6, 6.07) is 13.7. The first-order valence-corrected chi connectivity index (χ1v) is 10.2. The van der Waals surface area contributed by atoms with Gasteiger partial charge in [-0.05, 0) is 48.5 Å². The molecule has 0 saturated heterocycles. The molecule has 9 heteroatoms. The summed E-state index contributed by atoms with van der Waals surface area (Å²) in [6.07, 6.45) is -0.887. The minimum absolute atomic E-state index is 0.323. The van der Waals surface area contributed by atoms with Gasteiger partial charge in [-0.1, -0.05) is 28.9 Å². The Morgan fingerprint density at radius 3 is 2.68 bits per heavy atom. The average Bonchev–Trinajstić information content (AvgIpc) is 3.21. The molecule has 0 saturated carbocycles. The normalized spacial score (nSPS) is 12.2. The van der Waals surface area contributed by atoms with Crippen LogP contribution in [-0.4, -0.2) is 20.4 Å². The van der Waals surface area contributed by atoms with Crippen molar-refractivity contribution in [1.29, 1.82) is 0 Å². The highest BCUT2D eigenvalue weighted by atomic mass is 79.9. The maximum Gasteiger partial charge on any atom is 0.416 e. The van der Waals surface area contributed by atoms with Gasteiger partial charge < -0.3 is 4.57 Å². The second kappa shape index (κ2) is 8.14. The van der Waals surface area contributed by atoms with Crippen LogP contribution in [0.2, 0.25) is 0 Å². The molecule has 0 amide bonds. The number of fused-ring (bicyclic) bond motifs is 1. The van der Waals surface area contributed by atoms with Crippen LogP contribution in [0.25, 0.3) is 16.6 Å². The molecule has 0 atom stereocenters. The van der Waals surface area contributed by atoms with Crippen LogP contribution in [0.15, 0.2) is 75.2 Å². The molecule has 0 fully saturated rings. The monoisotopic (exact) mass is 488 g/mol. The molecule has 4 rings (SSSR count). The standard InChI is InChI=1S/C22H16BrF3N4O/c1-2-20-28-19-9-8-15(23)12-18(19)21(31)30(20)27-13-17-7-4-10-29(17)16-6-3-5-14(11-16)22(24,25)26/h3-13H,2H2,1H3. The van der Waals surface area contributed by atoms with E-state index < -0.39 is 11.7 Å². The first-order chi connectivity index (χ1) is 14.8. The van der Waals surface area contributed by atoms with Crippen LogP contribution < -0.4 is 5.56 Å². The predicted octanol–water partition coefficient (Wildman–Crippen LogP) is 5.41. The fourth-order valence-electron chi connectivity index (χ4n) is 3.23. The van der Waals surface area contributed by atoms with Crippen molar-refractivity contribution < 1.29 is 13.2 Å². The average molecular weight is 489 g/mol. The predicted molar refractivity (Wildman–Crippen MR) is 117 cm³/mol. The molecule has 5 nitrogen and oxygen atoms in total. The SMILES string of the molecule is CCc1nc2ccc(Br)cc2c(=O)n1N=Cc1cccn1-c1cccc(C(F)(F)F)c1. The van der Waals surface area contributed by atoms with Gasteiger partial charge in [0.05, 0.1) is 28.4 Å². The van der Waals surface area contributed by atoms with Crippen molar-refractivity contribution in [3.8, 4) is 5.69 Å². The molecule has 0 radical (unpaired) electrons. The Morgan fingerprint density at radius 1 is 1.13 bits per heavy atom. The van der Waals surface area contributed by atoms with Gasteiger partial charge in [-0.2, -0.15) is 22.9 Å². The number of hydrogen-bond donors (Lipinski definition) is 0. The van der Waals surface area contributed by atoms with E-state index in [2.05, 4.69) is 26.0 Å². The van der Waals surface area contributed by atoms with Crippen LogP contribution in [-0.2, 0) is 12.6 Å². The third-order valence-electron chi connectivity index (χ3n) is 4.73. The van der Waals surface area contributed by atoms with Crippen molar-refractivity contribution in [1.82, 2.24) is 14.2 Å². The lowest BCUT2D eigenvalue weighted by Crippen LogP contribution is -2.22. The van der Waals surface area contributed by atoms with Crippen LogP contribution >= 0.6 is 15.9 Å². The van der Waals surface area contributed by atoms with Crippen LogP contribution in [0.3, 0.4) is 0 Å². The summed E-state index contributed by atoms with van der Waals surface area (Å²) in [6.45, 7) is 1.86. The molecule has 2 heterocycles. The fourth-order valence-corrected chi connectivity index (χ4v) is 3.59. The Balaban J connectivity index is 1.78. The summed E-state index contributed by atoms with van der Waals surface area (Å²) >= 11 is 3.35. The molecule has 4 aromatic rings. The van der Waals surface area contributed by atoms with Crippen LogP contribution in [0.1, 0.15) is 24.0 Å². The van der Waals surface area contributed by atoms with E-state index >= 15 is 0 Å². The maximum atomic E-state index is 13.1. The number of halogens is 4. The van der Waals surface area contributed by atoms with Crippen molar-refractivity contribution >= 4 is 33.0 Å². The molecular formula is C22H16BrF3N4O. The summed E-state index contributed by atoms with van der Waals surface area (Å²) in [5.41, 5.74) is 0.364. The lowest BCUT2D eigenvalue weighted by Gasteiger charge is -2.11. The van der Waals surface area contributed by atoms with Gasteiger partial charge in [0.2, 0.25) is 0 Å². The molecule has 0 unspecified atom stereocenters. The second-order valence-electron chi connectivity index (χ2n) is 6.76. The summed E-state index contributed by atoms with van der Waals surface area (Å²) in [4.78, 5) is 17.5. The number of benzene rings is 2. The van der Waals surface area contributed by atoms with Crippen LogP contribution in [0, 0.1) is 0 Å². The Hall–Kier alpha value is -3.20. The molecule has 0 aliphatic heterocycles. The largest absolute Gasteiger partial charge is 0.416 e. The van der Waals surface area contributed by atoms with Gasteiger partial charge in [-0.3, -0.25) is 4.79 Å². The quantitative estimate of drug-likeness (QED) is 0.360. The zero-order valence-corrected chi connectivity index (χ0v) is 17.9. The molecule has 158 valence electrons. The molecule has 0 N–H and O–H groups in total. The van der Waals surface area contributed by atoms with Gasteiger partial charge in [-0.15, -0.1) is 0 Å². The van der Waals surface area contributed by atoms with Crippen LogP contribution in [0.5, 0.6) is 0 Å². The second-order valence-corrected chi connectivity index (χ2v) is 7.67. The summed E-state index contributed by atoms with van der Waals surface area (Å²) < 4.78 is 42.8. The van der Waals surface area contributed by atoms with Crippen molar-refractivity contribution in [2.24, 2.45) is 5.10 Å². The zero-order chi connectivity index (χ0) is 22.2. The van der Waals surface area contributed by atoms with E-state index in [-0.39, 0.29) is 5.56 Å². The highest BCUT2D eigenvalue weighted by Crippen LogP contribution is 2.30. The zero-order valence-electron chi connectivity index (χ0n) is 16.3. The van der Waals surface area contributed by atoms with E-state index in [0.29, 0.717) is 34.5 Å². The lowest BCUT2D eigenvalue weighted by atomic mass is 10.2. The van der Waals surface area contributed by atoms with E-state index in [1.165, 1.54) is 17.0 Å². The third-order valence-corrected chi connectivity index (χ3v) is 5.22. The Bertz CT molecular complexity index is 1360. The number of alkyl halides is 3. The summed E-state index contributed by atoms with van der Waals surface area (Å²) in [5.74, 6) is 0.480. The van der Waals surface area contributed by atoms with E-state index in [1.54, 1.807) is 41.1 Å². The van der Waals surface area contributed by atoms with E-state index in [4.69, 9.17) is 0 Å². The molecular weight excluding hydrogens is 473 g/mol. The molecule has 2 aromatic heterocycles. The fraction of sp³-hybridized carbons (Fsp3) is 0.136. The number of rotatable bonds is 4. The van der Waals surface area contributed by atoms with Gasteiger partial charge in [0.15, 0.2) is 0 Å². The number of nitrogens with zero attached hydrogens (tertiary/aromatic N) is 4. The Kier molecular flexibility index (Phi) is 5.53. The first kappa shape index (κ1) is 21.0. The van der Waals surface area contributed by atoms with Gasteiger partial charge in [0.1, 0.15) is 5.82 Å². The Labute approximate surface area is 183 Å². The van der Waals surface area contributed by atoms with Gasteiger partial charge in [-0.25, -0.2) is 4.98 Å². The molecule has 31 heavy (non-hydrogen) atoms.